The van der Waals surface area contributed by atoms with Gasteiger partial charge in [-0.25, -0.2) is 4.79 Å². The van der Waals surface area contributed by atoms with Crippen LogP contribution >= 0.6 is 0 Å². The van der Waals surface area contributed by atoms with E-state index in [1.54, 1.807) is 32.0 Å². The van der Waals surface area contributed by atoms with Crippen molar-refractivity contribution in [2.45, 2.75) is 13.8 Å². The van der Waals surface area contributed by atoms with Gasteiger partial charge >= 0.3 is 5.97 Å². The maximum absolute atomic E-state index is 11.4. The van der Waals surface area contributed by atoms with Crippen LogP contribution in [-0.4, -0.2) is 28.1 Å². The van der Waals surface area contributed by atoms with Gasteiger partial charge in [-0.3, -0.25) is 0 Å². The number of nitrogens with zero attached hydrogens (tertiary/aromatic N) is 2. The molecule has 0 saturated heterocycles. The van der Waals surface area contributed by atoms with Gasteiger partial charge < -0.3 is 19.3 Å². The average molecular weight is 288 g/mol. The quantitative estimate of drug-likeness (QED) is 0.926. The van der Waals surface area contributed by atoms with E-state index >= 15 is 0 Å². The molecule has 1 aromatic heterocycles. The smallest absolute Gasteiger partial charge is 0.341 e. The second kappa shape index (κ2) is 4.93. The van der Waals surface area contributed by atoms with Gasteiger partial charge in [0, 0.05) is 6.07 Å². The Morgan fingerprint density at radius 1 is 1.24 bits per heavy atom. The number of carboxylic acids is 1. The minimum absolute atomic E-state index is 0.000154. The van der Waals surface area contributed by atoms with E-state index in [2.05, 4.69) is 10.2 Å². The maximum atomic E-state index is 11.4. The molecule has 0 fully saturated rings. The van der Waals surface area contributed by atoms with Gasteiger partial charge in [0.05, 0.1) is 5.69 Å². The minimum Gasteiger partial charge on any atom is -0.477 e. The van der Waals surface area contributed by atoms with Crippen molar-refractivity contribution in [1.82, 2.24) is 10.2 Å². The first-order valence-corrected chi connectivity index (χ1v) is 6.21. The zero-order valence-electron chi connectivity index (χ0n) is 11.4. The summed E-state index contributed by atoms with van der Waals surface area (Å²) in [5, 5.41) is 17.0. The molecule has 0 unspecified atom stereocenters. The number of fused-ring (bicyclic) bond motifs is 1. The number of benzene rings is 1. The number of hydrogen-bond donors (Lipinski definition) is 1. The van der Waals surface area contributed by atoms with Crippen LogP contribution in [0.15, 0.2) is 18.2 Å². The molecule has 3 rings (SSSR count). The fourth-order valence-corrected chi connectivity index (χ4v) is 1.96. The molecule has 1 aliphatic rings. The SMILES string of the molecule is Cc1nnc(Oc2ccc3c(c2)OCO3)c(C(=O)O)c1C. The lowest BCUT2D eigenvalue weighted by molar-refractivity contribution is 0.0692. The van der Waals surface area contributed by atoms with E-state index in [4.69, 9.17) is 14.2 Å². The Labute approximate surface area is 120 Å². The van der Waals surface area contributed by atoms with Crippen molar-refractivity contribution >= 4 is 5.97 Å². The van der Waals surface area contributed by atoms with Crippen LogP contribution in [-0.2, 0) is 0 Å². The van der Waals surface area contributed by atoms with Gasteiger partial charge in [-0.1, -0.05) is 0 Å². The number of carboxylic acid groups (broad SMARTS) is 1. The van der Waals surface area contributed by atoms with Crippen molar-refractivity contribution in [2.24, 2.45) is 0 Å². The van der Waals surface area contributed by atoms with Gasteiger partial charge in [-0.15, -0.1) is 5.10 Å². The van der Waals surface area contributed by atoms with Crippen molar-refractivity contribution in [3.05, 3.63) is 35.0 Å². The Morgan fingerprint density at radius 2 is 2.00 bits per heavy atom. The van der Waals surface area contributed by atoms with Crippen LogP contribution in [0.25, 0.3) is 0 Å². The van der Waals surface area contributed by atoms with E-state index in [0.29, 0.717) is 28.5 Å². The normalized spacial score (nSPS) is 12.3. The van der Waals surface area contributed by atoms with E-state index in [9.17, 15) is 9.90 Å². The van der Waals surface area contributed by atoms with Gasteiger partial charge in [-0.2, -0.15) is 5.10 Å². The van der Waals surface area contributed by atoms with Gasteiger partial charge in [0.25, 0.3) is 5.88 Å². The summed E-state index contributed by atoms with van der Waals surface area (Å²) in [6, 6.07) is 4.95. The maximum Gasteiger partial charge on any atom is 0.341 e. The Balaban J connectivity index is 1.98. The van der Waals surface area contributed by atoms with Gasteiger partial charge in [0.2, 0.25) is 6.79 Å². The van der Waals surface area contributed by atoms with Crippen molar-refractivity contribution in [1.29, 1.82) is 0 Å². The molecule has 1 N–H and O–H groups in total. The molecule has 21 heavy (non-hydrogen) atoms. The number of hydrogen-bond acceptors (Lipinski definition) is 6. The summed E-state index contributed by atoms with van der Waals surface area (Å²) in [6.45, 7) is 3.52. The minimum atomic E-state index is -1.11. The molecule has 0 bridgehead atoms. The van der Waals surface area contributed by atoms with Crippen molar-refractivity contribution in [2.75, 3.05) is 6.79 Å². The van der Waals surface area contributed by atoms with E-state index in [1.165, 1.54) is 0 Å². The number of aryl methyl sites for hydroxylation is 1. The molecule has 2 aromatic rings. The molecule has 108 valence electrons. The highest BCUT2D eigenvalue weighted by molar-refractivity contribution is 5.92. The highest BCUT2D eigenvalue weighted by Crippen LogP contribution is 2.37. The third kappa shape index (κ3) is 2.33. The highest BCUT2D eigenvalue weighted by atomic mass is 16.7. The number of rotatable bonds is 3. The van der Waals surface area contributed by atoms with E-state index in [0.717, 1.165) is 0 Å². The largest absolute Gasteiger partial charge is 0.477 e. The first-order chi connectivity index (χ1) is 10.1. The molecule has 2 heterocycles. The number of carbonyl (C=O) groups is 1. The zero-order valence-corrected chi connectivity index (χ0v) is 11.4. The first kappa shape index (κ1) is 13.2. The topological polar surface area (TPSA) is 90.8 Å². The predicted molar refractivity (Wildman–Crippen MR) is 71.1 cm³/mol. The lowest BCUT2D eigenvalue weighted by Gasteiger charge is -2.10. The molecule has 7 heteroatoms. The van der Waals surface area contributed by atoms with Crippen molar-refractivity contribution < 1.29 is 24.1 Å². The Hall–Kier alpha value is -2.83. The molecule has 1 aromatic carbocycles. The van der Waals surface area contributed by atoms with Crippen LogP contribution < -0.4 is 14.2 Å². The van der Waals surface area contributed by atoms with Gasteiger partial charge in [0.15, 0.2) is 11.5 Å². The molecule has 0 aliphatic carbocycles. The lowest BCUT2D eigenvalue weighted by Crippen LogP contribution is -2.08. The molecule has 0 amide bonds. The van der Waals surface area contributed by atoms with Crippen LogP contribution in [0.1, 0.15) is 21.6 Å². The Bertz CT molecular complexity index is 730. The molecule has 7 nitrogen and oxygen atoms in total. The van der Waals surface area contributed by atoms with Crippen LogP contribution in [0, 0.1) is 13.8 Å². The zero-order chi connectivity index (χ0) is 15.0. The third-order valence-electron chi connectivity index (χ3n) is 3.19. The van der Waals surface area contributed by atoms with Crippen LogP contribution in [0.4, 0.5) is 0 Å². The van der Waals surface area contributed by atoms with Crippen LogP contribution in [0.3, 0.4) is 0 Å². The van der Waals surface area contributed by atoms with Crippen molar-refractivity contribution in [3.8, 4) is 23.1 Å². The van der Waals surface area contributed by atoms with E-state index < -0.39 is 5.97 Å². The van der Waals surface area contributed by atoms with Crippen molar-refractivity contribution in [3.63, 3.8) is 0 Å². The molecule has 0 atom stereocenters. The summed E-state index contributed by atoms with van der Waals surface area (Å²) < 4.78 is 16.0. The van der Waals surface area contributed by atoms with Crippen LogP contribution in [0.2, 0.25) is 0 Å². The van der Waals surface area contributed by atoms with E-state index in [1.807, 2.05) is 0 Å². The van der Waals surface area contributed by atoms with Gasteiger partial charge in [0.1, 0.15) is 11.3 Å². The molecular weight excluding hydrogens is 276 g/mol. The Kier molecular flexibility index (Phi) is 3.09. The molecular formula is C14H12N2O5. The van der Waals surface area contributed by atoms with E-state index in [-0.39, 0.29) is 18.2 Å². The average Bonchev–Trinajstić information content (AvgIpc) is 2.90. The third-order valence-corrected chi connectivity index (χ3v) is 3.19. The van der Waals surface area contributed by atoms with Gasteiger partial charge in [-0.05, 0) is 31.5 Å². The Morgan fingerprint density at radius 3 is 2.76 bits per heavy atom. The summed E-state index contributed by atoms with van der Waals surface area (Å²) >= 11 is 0. The molecule has 0 saturated carbocycles. The fourth-order valence-electron chi connectivity index (χ4n) is 1.96. The number of aromatic nitrogens is 2. The first-order valence-electron chi connectivity index (χ1n) is 6.21. The summed E-state index contributed by atoms with van der Waals surface area (Å²) in [4.78, 5) is 11.4. The second-order valence-corrected chi connectivity index (χ2v) is 4.51. The monoisotopic (exact) mass is 288 g/mol. The molecule has 0 spiro atoms. The summed E-state index contributed by atoms with van der Waals surface area (Å²) in [5.41, 5.74) is 1.07. The summed E-state index contributed by atoms with van der Waals surface area (Å²) in [6.07, 6.45) is 0. The number of aromatic carboxylic acids is 1. The molecule has 1 aliphatic heterocycles. The lowest BCUT2D eigenvalue weighted by atomic mass is 10.1. The standard InChI is InChI=1S/C14H12N2O5/c1-7-8(2)15-16-13(12(7)14(17)18)21-9-3-4-10-11(5-9)20-6-19-10/h3-5H,6H2,1-2H3,(H,17,18). The molecule has 0 radical (unpaired) electrons. The highest BCUT2D eigenvalue weighted by Gasteiger charge is 2.21. The summed E-state index contributed by atoms with van der Waals surface area (Å²) in [5.74, 6) is 0.401. The fraction of sp³-hybridized carbons (Fsp3) is 0.214. The second-order valence-electron chi connectivity index (χ2n) is 4.51. The van der Waals surface area contributed by atoms with Crippen LogP contribution in [0.5, 0.6) is 23.1 Å². The predicted octanol–water partition coefficient (Wildman–Crippen LogP) is 2.31. The summed E-state index contributed by atoms with van der Waals surface area (Å²) in [7, 11) is 0. The number of ether oxygens (including phenoxy) is 3.